The number of carbonyl (C=O) groups is 3. The number of imide groups is 1. The molecule has 13 heteroatoms. The highest BCUT2D eigenvalue weighted by atomic mass is 16.2. The highest BCUT2D eigenvalue weighted by molar-refractivity contribution is 6.13. The smallest absolute Gasteiger partial charge is 0.331 e. The molecule has 4 aromatic rings. The fourth-order valence-electron chi connectivity index (χ4n) is 5.59. The van der Waals surface area contributed by atoms with Gasteiger partial charge in [0.15, 0.2) is 5.65 Å². The number of likely N-dealkylation sites (N-methyl/N-ethyl adjacent to an activating group) is 1. The van der Waals surface area contributed by atoms with E-state index in [2.05, 4.69) is 36.8 Å². The van der Waals surface area contributed by atoms with Gasteiger partial charge in [-0.05, 0) is 63.6 Å². The highest BCUT2D eigenvalue weighted by Crippen LogP contribution is 2.46. The minimum atomic E-state index is -0.356. The van der Waals surface area contributed by atoms with Gasteiger partial charge in [0.1, 0.15) is 29.8 Å². The van der Waals surface area contributed by atoms with E-state index in [0.29, 0.717) is 47.0 Å². The van der Waals surface area contributed by atoms with Crippen LogP contribution < -0.4 is 15.5 Å². The van der Waals surface area contributed by atoms with E-state index in [1.807, 2.05) is 36.6 Å². The Morgan fingerprint density at radius 1 is 1.05 bits per heavy atom. The second kappa shape index (κ2) is 10.1. The predicted molar refractivity (Wildman–Crippen MR) is 158 cm³/mol. The molecular weight excluding hydrogens is 548 g/mol. The number of carbonyl (C=O) groups excluding carboxylic acids is 3. The maximum absolute atomic E-state index is 13.0. The van der Waals surface area contributed by atoms with Gasteiger partial charge in [-0.25, -0.2) is 29.7 Å². The van der Waals surface area contributed by atoms with E-state index in [1.54, 1.807) is 19.2 Å². The minimum absolute atomic E-state index is 0.00944. The molecule has 43 heavy (non-hydrogen) atoms. The molecule has 0 unspecified atom stereocenters. The fourth-order valence-corrected chi connectivity index (χ4v) is 5.59. The third kappa shape index (κ3) is 5.15. The maximum atomic E-state index is 13.0. The van der Waals surface area contributed by atoms with Crippen molar-refractivity contribution in [2.24, 2.45) is 5.92 Å². The number of pyridine rings is 1. The van der Waals surface area contributed by atoms with Crippen molar-refractivity contribution in [1.29, 1.82) is 0 Å². The van der Waals surface area contributed by atoms with E-state index in [9.17, 15) is 14.4 Å². The Kier molecular flexibility index (Phi) is 6.33. The maximum Gasteiger partial charge on any atom is 0.331 e. The van der Waals surface area contributed by atoms with Crippen LogP contribution in [0.5, 0.6) is 0 Å². The number of aryl methyl sites for hydroxylation is 2. The monoisotopic (exact) mass is 580 g/mol. The summed E-state index contributed by atoms with van der Waals surface area (Å²) in [5.74, 6) is 2.06. The summed E-state index contributed by atoms with van der Waals surface area (Å²) in [6.07, 6.45) is 8.62. The molecule has 7 rings (SSSR count). The molecule has 2 saturated carbocycles. The molecule has 3 fully saturated rings. The zero-order valence-electron chi connectivity index (χ0n) is 24.4. The number of aromatic nitrogens is 6. The summed E-state index contributed by atoms with van der Waals surface area (Å²) in [6.45, 7) is 5.64. The van der Waals surface area contributed by atoms with Crippen LogP contribution in [0.3, 0.4) is 0 Å². The van der Waals surface area contributed by atoms with Crippen LogP contribution in [0.25, 0.3) is 5.65 Å². The van der Waals surface area contributed by atoms with Crippen LogP contribution in [0.15, 0.2) is 36.8 Å². The summed E-state index contributed by atoms with van der Waals surface area (Å²) in [5, 5.41) is 6.31. The first-order valence-electron chi connectivity index (χ1n) is 14.5. The number of hydrogen-bond acceptors (Lipinski definition) is 9. The molecule has 1 saturated heterocycles. The van der Waals surface area contributed by atoms with Crippen molar-refractivity contribution in [1.82, 2.24) is 34.2 Å². The molecule has 4 amide bonds. The van der Waals surface area contributed by atoms with Gasteiger partial charge in [0.25, 0.3) is 0 Å². The molecule has 0 bridgehead atoms. The predicted octanol–water partition coefficient (Wildman–Crippen LogP) is 3.72. The van der Waals surface area contributed by atoms with Gasteiger partial charge in [-0.2, -0.15) is 0 Å². The van der Waals surface area contributed by atoms with Gasteiger partial charge >= 0.3 is 6.03 Å². The summed E-state index contributed by atoms with van der Waals surface area (Å²) < 4.78 is 1.94. The standard InChI is InChI=1S/C30H32N10O3/c1-15-7-8-31-27(32-15)20-10-21(20)29(42)37-25-11-24(34-17(3)35-25)33-16(2)22-13-39-12-19(18-5-6-18)9-23(28(39)36-22)40-14-26(41)38(4)30(40)43/h7-9,11-13,16,18,20-21H,5-6,10,14H2,1-4H3,(H2,33,34,35,37,42)/t16-,20+,21+/m1/s1. The second-order valence-electron chi connectivity index (χ2n) is 11.7. The van der Waals surface area contributed by atoms with E-state index in [-0.39, 0.29) is 42.3 Å². The number of anilines is 3. The molecule has 2 aliphatic carbocycles. The summed E-state index contributed by atoms with van der Waals surface area (Å²) in [4.78, 5) is 63.4. The zero-order chi connectivity index (χ0) is 30.0. The Bertz CT molecular complexity index is 1800. The number of imidazole rings is 1. The SMILES string of the molecule is Cc1ccnc([C@H]2C[C@@H]2C(=O)Nc2cc(N[C@H](C)c3cn4cc(C5CC5)cc(N5CC(=O)N(C)C5=O)c4n3)nc(C)n2)n1. The van der Waals surface area contributed by atoms with Crippen LogP contribution in [0, 0.1) is 19.8 Å². The lowest BCUT2D eigenvalue weighted by Gasteiger charge is -2.17. The Balaban J connectivity index is 1.10. The average Bonchev–Trinajstić information content (AvgIpc) is 3.89. The largest absolute Gasteiger partial charge is 0.362 e. The van der Waals surface area contributed by atoms with E-state index in [0.717, 1.165) is 34.7 Å². The van der Waals surface area contributed by atoms with E-state index in [1.165, 1.54) is 11.9 Å². The van der Waals surface area contributed by atoms with E-state index < -0.39 is 0 Å². The molecule has 3 atom stereocenters. The van der Waals surface area contributed by atoms with Crippen molar-refractivity contribution in [3.8, 4) is 0 Å². The number of fused-ring (bicyclic) bond motifs is 1. The third-order valence-corrected chi connectivity index (χ3v) is 8.27. The number of nitrogens with one attached hydrogen (secondary N) is 2. The molecule has 5 heterocycles. The van der Waals surface area contributed by atoms with Crippen molar-refractivity contribution in [3.05, 3.63) is 65.4 Å². The lowest BCUT2D eigenvalue weighted by atomic mass is 10.1. The number of rotatable bonds is 8. The molecular formula is C30H32N10O3. The summed E-state index contributed by atoms with van der Waals surface area (Å²) >= 11 is 0. The topological polar surface area (TPSA) is 151 Å². The van der Waals surface area contributed by atoms with Crippen molar-refractivity contribution < 1.29 is 14.4 Å². The Morgan fingerprint density at radius 2 is 1.84 bits per heavy atom. The van der Waals surface area contributed by atoms with Gasteiger partial charge in [0.2, 0.25) is 11.8 Å². The average molecular weight is 581 g/mol. The lowest BCUT2D eigenvalue weighted by molar-refractivity contribution is -0.124. The molecule has 4 aromatic heterocycles. The lowest BCUT2D eigenvalue weighted by Crippen LogP contribution is -2.30. The molecule has 1 aliphatic heterocycles. The summed E-state index contributed by atoms with van der Waals surface area (Å²) in [6, 6.07) is 4.92. The van der Waals surface area contributed by atoms with Crippen LogP contribution in [-0.2, 0) is 9.59 Å². The van der Waals surface area contributed by atoms with Crippen LogP contribution >= 0.6 is 0 Å². The van der Waals surface area contributed by atoms with Gasteiger partial charge in [-0.15, -0.1) is 0 Å². The molecule has 3 aliphatic rings. The summed E-state index contributed by atoms with van der Waals surface area (Å²) in [5.41, 5.74) is 3.97. The zero-order valence-corrected chi connectivity index (χ0v) is 24.4. The number of urea groups is 1. The fraction of sp³-hybridized carbons (Fsp3) is 0.400. The van der Waals surface area contributed by atoms with Crippen LogP contribution in [0.4, 0.5) is 22.1 Å². The molecule has 0 radical (unpaired) electrons. The first-order valence-corrected chi connectivity index (χ1v) is 14.5. The first-order chi connectivity index (χ1) is 20.6. The Hall–Kier alpha value is -4.94. The van der Waals surface area contributed by atoms with Gasteiger partial charge in [0.05, 0.1) is 17.4 Å². The molecule has 0 spiro atoms. The number of hydrogen-bond donors (Lipinski definition) is 2. The van der Waals surface area contributed by atoms with Gasteiger partial charge < -0.3 is 15.0 Å². The van der Waals surface area contributed by atoms with Gasteiger partial charge in [0, 0.05) is 49.2 Å². The van der Waals surface area contributed by atoms with Gasteiger partial charge in [-0.1, -0.05) is 0 Å². The Labute approximate surface area is 247 Å². The van der Waals surface area contributed by atoms with Crippen LogP contribution in [0.1, 0.15) is 72.7 Å². The summed E-state index contributed by atoms with van der Waals surface area (Å²) in [7, 11) is 1.50. The van der Waals surface area contributed by atoms with Crippen molar-refractivity contribution in [3.63, 3.8) is 0 Å². The van der Waals surface area contributed by atoms with Gasteiger partial charge in [-0.3, -0.25) is 19.4 Å². The minimum Gasteiger partial charge on any atom is -0.362 e. The second-order valence-corrected chi connectivity index (χ2v) is 11.7. The molecule has 2 N–H and O–H groups in total. The molecule has 0 aromatic carbocycles. The van der Waals surface area contributed by atoms with Crippen LogP contribution in [0.2, 0.25) is 0 Å². The molecule has 13 nitrogen and oxygen atoms in total. The van der Waals surface area contributed by atoms with E-state index >= 15 is 0 Å². The first kappa shape index (κ1) is 26.9. The van der Waals surface area contributed by atoms with E-state index in [4.69, 9.17) is 4.98 Å². The Morgan fingerprint density at radius 3 is 2.56 bits per heavy atom. The number of nitrogens with zero attached hydrogens (tertiary/aromatic N) is 8. The van der Waals surface area contributed by atoms with Crippen molar-refractivity contribution >= 4 is 40.8 Å². The quantitative estimate of drug-likeness (QED) is 0.297. The molecule has 220 valence electrons. The normalized spacial score (nSPS) is 20.6. The third-order valence-electron chi connectivity index (χ3n) is 8.27. The number of amides is 4. The van der Waals surface area contributed by atoms with Crippen molar-refractivity contribution in [2.45, 2.75) is 57.9 Å². The van der Waals surface area contributed by atoms with Crippen LogP contribution in [-0.4, -0.2) is 65.7 Å². The highest BCUT2D eigenvalue weighted by Gasteiger charge is 2.46. The van der Waals surface area contributed by atoms with Crippen molar-refractivity contribution in [2.75, 3.05) is 29.1 Å².